The molecule has 0 aliphatic carbocycles. The number of methoxy groups -OCH3 is 1. The molecule has 1 amide bonds. The summed E-state index contributed by atoms with van der Waals surface area (Å²) in [5.74, 6) is -0.00225. The third kappa shape index (κ3) is 4.48. The first-order valence-electron chi connectivity index (χ1n) is 9.68. The molecule has 0 aliphatic heterocycles. The summed E-state index contributed by atoms with van der Waals surface area (Å²) in [7, 11) is 1.54. The van der Waals surface area contributed by atoms with Gasteiger partial charge in [0.1, 0.15) is 5.75 Å². The molecule has 0 fully saturated rings. The van der Waals surface area contributed by atoms with Crippen molar-refractivity contribution in [3.63, 3.8) is 0 Å². The Labute approximate surface area is 173 Å². The van der Waals surface area contributed by atoms with Gasteiger partial charge in [-0.2, -0.15) is 9.78 Å². The Morgan fingerprint density at radius 1 is 1.10 bits per heavy atom. The average Bonchev–Trinajstić information content (AvgIpc) is 2.77. The number of ether oxygens (including phenoxy) is 1. The van der Waals surface area contributed by atoms with E-state index in [0.717, 1.165) is 14.8 Å². The third-order valence-electron chi connectivity index (χ3n) is 4.77. The second kappa shape index (κ2) is 9.21. The van der Waals surface area contributed by atoms with Gasteiger partial charge >= 0.3 is 5.69 Å². The normalized spacial score (nSPS) is 11.7. The zero-order valence-electron chi connectivity index (χ0n) is 17.2. The molecule has 1 unspecified atom stereocenters. The van der Waals surface area contributed by atoms with Gasteiger partial charge in [-0.05, 0) is 43.2 Å². The number of rotatable bonds is 7. The van der Waals surface area contributed by atoms with E-state index >= 15 is 0 Å². The average molecular weight is 408 g/mol. The van der Waals surface area contributed by atoms with Crippen LogP contribution in [0.2, 0.25) is 0 Å². The lowest BCUT2D eigenvalue weighted by Crippen LogP contribution is -2.47. The van der Waals surface area contributed by atoms with Gasteiger partial charge in [-0.1, -0.05) is 37.3 Å². The van der Waals surface area contributed by atoms with Gasteiger partial charge in [-0.3, -0.25) is 14.2 Å². The van der Waals surface area contributed by atoms with E-state index in [-0.39, 0.29) is 18.3 Å². The van der Waals surface area contributed by atoms with Crippen molar-refractivity contribution >= 4 is 5.91 Å². The number of nitrogens with one attached hydrogen (secondary N) is 1. The number of hydrogen-bond acceptors (Lipinski definition) is 5. The minimum absolute atomic E-state index is 0.0286. The molecule has 1 heterocycles. The molecule has 0 saturated heterocycles. The fourth-order valence-electron chi connectivity index (χ4n) is 2.85. The Kier molecular flexibility index (Phi) is 6.46. The zero-order valence-corrected chi connectivity index (χ0v) is 17.2. The molecule has 0 spiro atoms. The van der Waals surface area contributed by atoms with Gasteiger partial charge in [0.25, 0.3) is 11.5 Å². The van der Waals surface area contributed by atoms with Crippen LogP contribution in [0.4, 0.5) is 0 Å². The summed E-state index contributed by atoms with van der Waals surface area (Å²) in [6.45, 7) is 3.78. The maximum atomic E-state index is 13.1. The first-order valence-corrected chi connectivity index (χ1v) is 9.68. The molecule has 1 atom stereocenters. The van der Waals surface area contributed by atoms with Crippen molar-refractivity contribution in [3.8, 4) is 11.4 Å². The lowest BCUT2D eigenvalue weighted by Gasteiger charge is -2.14. The van der Waals surface area contributed by atoms with Gasteiger partial charge in [0.05, 0.1) is 19.3 Å². The van der Waals surface area contributed by atoms with Crippen molar-refractivity contribution in [3.05, 3.63) is 86.7 Å². The smallest absolute Gasteiger partial charge is 0.352 e. The molecule has 30 heavy (non-hydrogen) atoms. The summed E-state index contributed by atoms with van der Waals surface area (Å²) in [5, 5.41) is 6.85. The number of benzene rings is 2. The molecule has 8 heteroatoms. The van der Waals surface area contributed by atoms with Gasteiger partial charge in [-0.25, -0.2) is 4.79 Å². The molecule has 0 radical (unpaired) electrons. The summed E-state index contributed by atoms with van der Waals surface area (Å²) in [4.78, 5) is 38.8. The Balaban J connectivity index is 2.16. The van der Waals surface area contributed by atoms with E-state index in [2.05, 4.69) is 10.4 Å². The van der Waals surface area contributed by atoms with E-state index in [4.69, 9.17) is 4.74 Å². The Morgan fingerprint density at radius 2 is 1.77 bits per heavy atom. The highest BCUT2D eigenvalue weighted by Crippen LogP contribution is 2.13. The summed E-state index contributed by atoms with van der Waals surface area (Å²) in [5.41, 5.74) is -0.511. The molecule has 2 aromatic carbocycles. The molecular formula is C22H24N4O4. The topological polar surface area (TPSA) is 95.2 Å². The van der Waals surface area contributed by atoms with E-state index in [1.165, 1.54) is 7.11 Å². The van der Waals surface area contributed by atoms with E-state index in [1.54, 1.807) is 24.3 Å². The predicted molar refractivity (Wildman–Crippen MR) is 113 cm³/mol. The third-order valence-corrected chi connectivity index (χ3v) is 4.77. The molecule has 8 nitrogen and oxygen atoms in total. The van der Waals surface area contributed by atoms with Crippen LogP contribution in [0.25, 0.3) is 5.69 Å². The van der Waals surface area contributed by atoms with Crippen molar-refractivity contribution in [2.45, 2.75) is 32.9 Å². The second-order valence-electron chi connectivity index (χ2n) is 6.90. The van der Waals surface area contributed by atoms with Crippen molar-refractivity contribution in [2.24, 2.45) is 0 Å². The maximum Gasteiger partial charge on any atom is 0.352 e. The highest BCUT2D eigenvalue weighted by molar-refractivity contribution is 5.91. The van der Waals surface area contributed by atoms with Crippen molar-refractivity contribution in [1.29, 1.82) is 0 Å². The predicted octanol–water partition coefficient (Wildman–Crippen LogP) is 1.98. The molecule has 3 aromatic rings. The molecule has 1 aromatic heterocycles. The highest BCUT2D eigenvalue weighted by Gasteiger charge is 2.21. The minimum Gasteiger partial charge on any atom is -0.497 e. The minimum atomic E-state index is -0.727. The van der Waals surface area contributed by atoms with E-state index in [9.17, 15) is 14.4 Å². The SMILES string of the molecule is CCC(C)NC(=O)c1nn(-c2ccc(OC)cc2)c(=O)n(Cc2ccccc2)c1=O. The lowest BCUT2D eigenvalue weighted by molar-refractivity contribution is 0.0929. The van der Waals surface area contributed by atoms with Gasteiger partial charge < -0.3 is 10.1 Å². The van der Waals surface area contributed by atoms with E-state index in [0.29, 0.717) is 17.9 Å². The number of carbonyl (C=O) groups is 1. The molecule has 3 rings (SSSR count). The van der Waals surface area contributed by atoms with Crippen molar-refractivity contribution < 1.29 is 9.53 Å². The van der Waals surface area contributed by atoms with Crippen molar-refractivity contribution in [2.75, 3.05) is 7.11 Å². The fraction of sp³-hybridized carbons (Fsp3) is 0.273. The van der Waals surface area contributed by atoms with Crippen LogP contribution >= 0.6 is 0 Å². The molecule has 0 saturated carbocycles. The number of hydrogen-bond donors (Lipinski definition) is 1. The van der Waals surface area contributed by atoms with Gasteiger partial charge in [0, 0.05) is 6.04 Å². The van der Waals surface area contributed by atoms with Crippen LogP contribution in [0.3, 0.4) is 0 Å². The summed E-state index contributed by atoms with van der Waals surface area (Å²) in [6.07, 6.45) is 0.696. The van der Waals surface area contributed by atoms with Crippen LogP contribution in [0.5, 0.6) is 5.75 Å². The Bertz CT molecular complexity index is 1130. The van der Waals surface area contributed by atoms with Crippen LogP contribution in [0.15, 0.2) is 64.2 Å². The van der Waals surface area contributed by atoms with Crippen LogP contribution in [-0.2, 0) is 6.54 Å². The lowest BCUT2D eigenvalue weighted by atomic mass is 10.2. The van der Waals surface area contributed by atoms with Crippen LogP contribution < -0.4 is 21.3 Å². The molecule has 0 aliphatic rings. The molecule has 156 valence electrons. The fourth-order valence-corrected chi connectivity index (χ4v) is 2.85. The van der Waals surface area contributed by atoms with Crippen LogP contribution in [0.1, 0.15) is 36.3 Å². The zero-order chi connectivity index (χ0) is 21.7. The Morgan fingerprint density at radius 3 is 2.37 bits per heavy atom. The van der Waals surface area contributed by atoms with Gasteiger partial charge in [-0.15, -0.1) is 0 Å². The Hall–Kier alpha value is -3.68. The van der Waals surface area contributed by atoms with Crippen LogP contribution in [-0.4, -0.2) is 33.4 Å². The van der Waals surface area contributed by atoms with Crippen molar-refractivity contribution in [1.82, 2.24) is 19.7 Å². The molecule has 1 N–H and O–H groups in total. The van der Waals surface area contributed by atoms with Gasteiger partial charge in [0.2, 0.25) is 5.69 Å². The standard InChI is InChI=1S/C22H24N4O4/c1-4-15(2)23-20(27)19-21(28)25(14-16-8-6-5-7-9-16)22(29)26(24-19)17-10-12-18(30-3)13-11-17/h5-13,15H,4,14H2,1-3H3,(H,23,27). The molecule has 0 bridgehead atoms. The van der Waals surface area contributed by atoms with Gasteiger partial charge in [0.15, 0.2) is 0 Å². The van der Waals surface area contributed by atoms with Crippen LogP contribution in [0, 0.1) is 0 Å². The monoisotopic (exact) mass is 408 g/mol. The summed E-state index contributed by atoms with van der Waals surface area (Å²) in [6, 6.07) is 15.6. The number of aromatic nitrogens is 3. The highest BCUT2D eigenvalue weighted by atomic mass is 16.5. The number of carbonyl (C=O) groups excluding carboxylic acids is 1. The summed E-state index contributed by atoms with van der Waals surface area (Å²) < 4.78 is 7.24. The molecular weight excluding hydrogens is 384 g/mol. The maximum absolute atomic E-state index is 13.1. The summed E-state index contributed by atoms with van der Waals surface area (Å²) >= 11 is 0. The number of nitrogens with zero attached hydrogens (tertiary/aromatic N) is 3. The van der Waals surface area contributed by atoms with E-state index in [1.807, 2.05) is 44.2 Å². The second-order valence-corrected chi connectivity index (χ2v) is 6.90. The first kappa shape index (κ1) is 21.0. The number of amides is 1. The first-order chi connectivity index (χ1) is 14.4. The largest absolute Gasteiger partial charge is 0.497 e. The quantitative estimate of drug-likeness (QED) is 0.645. The van der Waals surface area contributed by atoms with E-state index < -0.39 is 17.2 Å².